The van der Waals surface area contributed by atoms with Crippen LogP contribution in [0.3, 0.4) is 0 Å². The molecule has 0 aliphatic heterocycles. The minimum absolute atomic E-state index is 0.218. The molecule has 6 nitrogen and oxygen atoms in total. The number of hydrogen-bond donors (Lipinski definition) is 1. The van der Waals surface area contributed by atoms with Crippen LogP contribution >= 0.6 is 0 Å². The first kappa shape index (κ1) is 19.0. The van der Waals surface area contributed by atoms with Gasteiger partial charge in [-0.2, -0.15) is 0 Å². The van der Waals surface area contributed by atoms with Crippen LogP contribution in [0.5, 0.6) is 0 Å². The van der Waals surface area contributed by atoms with Crippen LogP contribution in [0.15, 0.2) is 30.3 Å². The van der Waals surface area contributed by atoms with Crippen LogP contribution in [-0.2, 0) is 19.1 Å². The van der Waals surface area contributed by atoms with Crippen molar-refractivity contribution in [2.45, 2.75) is 51.7 Å². The highest BCUT2D eigenvalue weighted by Gasteiger charge is 2.56. The van der Waals surface area contributed by atoms with Crippen molar-refractivity contribution >= 4 is 17.8 Å². The predicted octanol–water partition coefficient (Wildman–Crippen LogP) is 3.16. The van der Waals surface area contributed by atoms with Crippen molar-refractivity contribution in [2.75, 3.05) is 7.11 Å². The monoisotopic (exact) mass is 347 g/mol. The number of nitrogens with one attached hydrogen (secondary N) is 1. The first-order chi connectivity index (χ1) is 11.7. The maximum Gasteiger partial charge on any atom is 0.408 e. The zero-order chi connectivity index (χ0) is 18.7. The summed E-state index contributed by atoms with van der Waals surface area (Å²) in [4.78, 5) is 37.6. The van der Waals surface area contributed by atoms with Gasteiger partial charge in [0.25, 0.3) is 0 Å². The van der Waals surface area contributed by atoms with Crippen LogP contribution in [0, 0.1) is 5.41 Å². The molecule has 0 bridgehead atoms. The summed E-state index contributed by atoms with van der Waals surface area (Å²) >= 11 is 0. The van der Waals surface area contributed by atoms with Gasteiger partial charge >= 0.3 is 12.1 Å². The molecule has 1 N–H and O–H groups in total. The fourth-order valence-electron chi connectivity index (χ4n) is 3.27. The van der Waals surface area contributed by atoms with Crippen molar-refractivity contribution in [3.63, 3.8) is 0 Å². The van der Waals surface area contributed by atoms with Gasteiger partial charge < -0.3 is 14.8 Å². The molecule has 6 heteroatoms. The van der Waals surface area contributed by atoms with Crippen LogP contribution in [0.1, 0.15) is 51.6 Å². The van der Waals surface area contributed by atoms with Crippen molar-refractivity contribution in [1.29, 1.82) is 0 Å². The third-order valence-corrected chi connectivity index (χ3v) is 4.31. The summed E-state index contributed by atoms with van der Waals surface area (Å²) in [6.45, 7) is 5.25. The van der Waals surface area contributed by atoms with E-state index in [0.29, 0.717) is 18.4 Å². The van der Waals surface area contributed by atoms with Crippen molar-refractivity contribution in [2.24, 2.45) is 5.41 Å². The quantitative estimate of drug-likeness (QED) is 0.668. The Morgan fingerprint density at radius 2 is 1.84 bits per heavy atom. The van der Waals surface area contributed by atoms with Gasteiger partial charge in [-0.25, -0.2) is 4.79 Å². The van der Waals surface area contributed by atoms with Gasteiger partial charge in [0, 0.05) is 6.42 Å². The van der Waals surface area contributed by atoms with E-state index in [1.54, 1.807) is 45.0 Å². The number of amides is 1. The summed E-state index contributed by atoms with van der Waals surface area (Å²) in [6.07, 6.45) is 0.513. The molecule has 2 atom stereocenters. The summed E-state index contributed by atoms with van der Waals surface area (Å²) in [5.41, 5.74) is -1.45. The standard InChI is InChI=1S/C19H25NO5/c1-18(2,3)25-17(23)20-15(13-9-6-5-7-10-13)19(16(22)24-4)12-8-11-14(19)21/h5-7,9-10,15H,8,11-12H2,1-4H3,(H,20,23). The second kappa shape index (κ2) is 7.25. The topological polar surface area (TPSA) is 81.7 Å². The molecule has 0 spiro atoms. The molecular formula is C19H25NO5. The van der Waals surface area contributed by atoms with Crippen molar-refractivity contribution in [3.8, 4) is 0 Å². The van der Waals surface area contributed by atoms with Crippen LogP contribution in [-0.4, -0.2) is 30.6 Å². The number of methoxy groups -OCH3 is 1. The fourth-order valence-corrected chi connectivity index (χ4v) is 3.27. The Bertz CT molecular complexity index is 650. The Hall–Kier alpha value is -2.37. The molecule has 0 aromatic heterocycles. The highest BCUT2D eigenvalue weighted by atomic mass is 16.6. The zero-order valence-corrected chi connectivity index (χ0v) is 15.1. The average Bonchev–Trinajstić information content (AvgIpc) is 2.93. The number of ether oxygens (including phenoxy) is 2. The van der Waals surface area contributed by atoms with Crippen molar-refractivity contribution < 1.29 is 23.9 Å². The molecule has 1 saturated carbocycles. The molecule has 2 rings (SSSR count). The van der Waals surface area contributed by atoms with E-state index in [1.807, 2.05) is 6.07 Å². The van der Waals surface area contributed by atoms with Gasteiger partial charge in [0.1, 0.15) is 5.60 Å². The second-order valence-electron chi connectivity index (χ2n) is 7.23. The van der Waals surface area contributed by atoms with E-state index in [9.17, 15) is 14.4 Å². The fraction of sp³-hybridized carbons (Fsp3) is 0.526. The zero-order valence-electron chi connectivity index (χ0n) is 15.1. The molecule has 1 amide bonds. The van der Waals surface area contributed by atoms with Gasteiger partial charge in [0.2, 0.25) is 0 Å². The molecule has 0 radical (unpaired) electrons. The molecular weight excluding hydrogens is 322 g/mol. The number of benzene rings is 1. The van der Waals surface area contributed by atoms with Gasteiger partial charge in [-0.1, -0.05) is 30.3 Å². The Balaban J connectivity index is 2.45. The summed E-state index contributed by atoms with van der Waals surface area (Å²) in [6, 6.07) is 8.13. The summed E-state index contributed by atoms with van der Waals surface area (Å²) in [5, 5.41) is 2.74. The third kappa shape index (κ3) is 4.00. The van der Waals surface area contributed by atoms with Gasteiger partial charge in [-0.3, -0.25) is 9.59 Å². The van der Waals surface area contributed by atoms with Crippen LogP contribution in [0.4, 0.5) is 4.79 Å². The number of hydrogen-bond acceptors (Lipinski definition) is 5. The third-order valence-electron chi connectivity index (χ3n) is 4.31. The van der Waals surface area contributed by atoms with Crippen LogP contribution < -0.4 is 5.32 Å². The largest absolute Gasteiger partial charge is 0.468 e. The molecule has 2 unspecified atom stereocenters. The van der Waals surface area contributed by atoms with E-state index in [-0.39, 0.29) is 12.2 Å². The lowest BCUT2D eigenvalue weighted by Crippen LogP contribution is -2.50. The highest BCUT2D eigenvalue weighted by Crippen LogP contribution is 2.46. The first-order valence-corrected chi connectivity index (χ1v) is 8.37. The molecule has 1 aliphatic rings. The number of alkyl carbamates (subject to hydrolysis) is 1. The van der Waals surface area contributed by atoms with E-state index in [2.05, 4.69) is 5.32 Å². The maximum atomic E-state index is 12.7. The van der Waals surface area contributed by atoms with Gasteiger partial charge in [-0.15, -0.1) is 0 Å². The molecule has 25 heavy (non-hydrogen) atoms. The highest BCUT2D eigenvalue weighted by molar-refractivity contribution is 6.06. The van der Waals surface area contributed by atoms with Crippen molar-refractivity contribution in [3.05, 3.63) is 35.9 Å². The van der Waals surface area contributed by atoms with E-state index in [1.165, 1.54) is 7.11 Å². The molecule has 1 fully saturated rings. The van der Waals surface area contributed by atoms with E-state index in [4.69, 9.17) is 9.47 Å². The summed E-state index contributed by atoms with van der Waals surface area (Å²) in [7, 11) is 1.26. The average molecular weight is 347 g/mol. The van der Waals surface area contributed by atoms with E-state index < -0.39 is 29.1 Å². The Labute approximate surface area is 147 Å². The molecule has 0 heterocycles. The minimum Gasteiger partial charge on any atom is -0.468 e. The number of rotatable bonds is 4. The normalized spacial score (nSPS) is 21.5. The first-order valence-electron chi connectivity index (χ1n) is 8.37. The Morgan fingerprint density at radius 1 is 1.20 bits per heavy atom. The molecule has 136 valence electrons. The SMILES string of the molecule is COC(=O)C1(C(NC(=O)OC(C)(C)C)c2ccccc2)CCCC1=O. The number of ketones is 1. The molecule has 1 aromatic carbocycles. The van der Waals surface area contributed by atoms with Gasteiger partial charge in [0.15, 0.2) is 11.2 Å². The predicted molar refractivity (Wildman–Crippen MR) is 91.9 cm³/mol. The molecule has 1 aromatic rings. The van der Waals surface area contributed by atoms with E-state index in [0.717, 1.165) is 0 Å². The summed E-state index contributed by atoms with van der Waals surface area (Å²) < 4.78 is 10.3. The molecule has 0 saturated heterocycles. The number of carbonyl (C=O) groups excluding carboxylic acids is 3. The molecule has 1 aliphatic carbocycles. The van der Waals surface area contributed by atoms with Crippen LogP contribution in [0.25, 0.3) is 0 Å². The number of Topliss-reactive ketones (excluding diaryl/α,β-unsaturated/α-hetero) is 1. The lowest BCUT2D eigenvalue weighted by atomic mass is 9.74. The van der Waals surface area contributed by atoms with Crippen molar-refractivity contribution in [1.82, 2.24) is 5.32 Å². The Morgan fingerprint density at radius 3 is 2.32 bits per heavy atom. The second-order valence-corrected chi connectivity index (χ2v) is 7.23. The maximum absolute atomic E-state index is 12.7. The van der Waals surface area contributed by atoms with Gasteiger partial charge in [-0.05, 0) is 39.2 Å². The number of esters is 1. The van der Waals surface area contributed by atoms with E-state index >= 15 is 0 Å². The van der Waals surface area contributed by atoms with Gasteiger partial charge in [0.05, 0.1) is 13.2 Å². The lowest BCUT2D eigenvalue weighted by Gasteiger charge is -2.34. The number of carbonyl (C=O) groups is 3. The summed E-state index contributed by atoms with van der Waals surface area (Å²) in [5.74, 6) is -0.843. The lowest BCUT2D eigenvalue weighted by molar-refractivity contribution is -0.158. The van der Waals surface area contributed by atoms with Crippen LogP contribution in [0.2, 0.25) is 0 Å². The Kier molecular flexibility index (Phi) is 5.50. The smallest absolute Gasteiger partial charge is 0.408 e. The minimum atomic E-state index is -1.42.